The lowest BCUT2D eigenvalue weighted by Gasteiger charge is -2.31. The molecule has 10 atom stereocenters. The van der Waals surface area contributed by atoms with E-state index in [0.717, 1.165) is 0 Å². The van der Waals surface area contributed by atoms with Gasteiger partial charge in [-0.1, -0.05) is 41.5 Å². The highest BCUT2D eigenvalue weighted by atomic mass is 16.7. The first-order chi connectivity index (χ1) is 16.6. The number of Topliss-reactive ketones (excluding diaryl/α,β-unsaturated/α-hetero) is 1. The number of carbonyl (C=O) groups is 3. The van der Waals surface area contributed by atoms with Crippen LogP contribution in [-0.2, 0) is 33.3 Å². The number of aliphatic hydroxyl groups excluding tert-OH is 1. The molecule has 0 aromatic heterocycles. The fraction of sp³-hybridized carbons (Fsp3) is 0.821. The maximum Gasteiger partial charge on any atom is 0.303 e. The summed E-state index contributed by atoms with van der Waals surface area (Å²) < 4.78 is 24.4. The van der Waals surface area contributed by atoms with Crippen molar-refractivity contribution in [1.29, 1.82) is 0 Å². The first-order valence-electron chi connectivity index (χ1n) is 13.2. The van der Waals surface area contributed by atoms with E-state index in [-0.39, 0.29) is 34.9 Å². The Kier molecular flexibility index (Phi) is 6.75. The van der Waals surface area contributed by atoms with Crippen molar-refractivity contribution in [2.45, 2.75) is 104 Å². The molecule has 0 spiro atoms. The normalized spacial score (nSPS) is 46.4. The summed E-state index contributed by atoms with van der Waals surface area (Å²) in [6, 6.07) is 0. The van der Waals surface area contributed by atoms with Crippen LogP contribution in [-0.4, -0.2) is 65.1 Å². The van der Waals surface area contributed by atoms with Gasteiger partial charge in [0.1, 0.15) is 18.3 Å². The van der Waals surface area contributed by atoms with Crippen LogP contribution in [0.4, 0.5) is 0 Å². The lowest BCUT2D eigenvalue weighted by molar-refractivity contribution is -0.156. The molecule has 0 aromatic rings. The molecule has 1 aliphatic heterocycles. The zero-order valence-electron chi connectivity index (χ0n) is 23.0. The summed E-state index contributed by atoms with van der Waals surface area (Å²) in [4.78, 5) is 38.6. The van der Waals surface area contributed by atoms with Gasteiger partial charge in [0.05, 0.1) is 12.0 Å². The molecule has 4 rings (SSSR count). The Bertz CT molecular complexity index is 969. The van der Waals surface area contributed by atoms with Gasteiger partial charge < -0.3 is 24.1 Å². The molecule has 0 amide bonds. The number of esters is 2. The van der Waals surface area contributed by atoms with Crippen LogP contribution in [0, 0.1) is 35.0 Å². The minimum atomic E-state index is -1.20. The maximum atomic E-state index is 14.1. The van der Waals surface area contributed by atoms with Gasteiger partial charge in [-0.05, 0) is 42.2 Å². The SMILES string of the molecule is CC(=O)O[C@@H]1[C@@H]2[C@H]([C@H](OCC(C)C)[C@H](OC(C)=O)/C(C)=C/[C@@]34O[C@@]3(C[C@@H](C)[C@H]4O)C(=O)[C@@H]1C)C2(C)C. The topological polar surface area (TPSA) is 112 Å². The third-order valence-corrected chi connectivity index (χ3v) is 8.93. The predicted molar refractivity (Wildman–Crippen MR) is 131 cm³/mol. The number of aliphatic hydroxyl groups is 1. The molecule has 0 radical (unpaired) electrons. The van der Waals surface area contributed by atoms with Gasteiger partial charge in [0.25, 0.3) is 0 Å². The van der Waals surface area contributed by atoms with E-state index in [1.54, 1.807) is 13.0 Å². The largest absolute Gasteiger partial charge is 0.461 e. The van der Waals surface area contributed by atoms with Gasteiger partial charge in [0.2, 0.25) is 0 Å². The number of hydrogen-bond donors (Lipinski definition) is 1. The van der Waals surface area contributed by atoms with E-state index in [1.165, 1.54) is 13.8 Å². The van der Waals surface area contributed by atoms with E-state index in [4.69, 9.17) is 18.9 Å². The highest BCUT2D eigenvalue weighted by molar-refractivity contribution is 5.96. The third kappa shape index (κ3) is 4.04. The number of fused-ring (bicyclic) bond motifs is 1. The smallest absolute Gasteiger partial charge is 0.303 e. The molecular formula is C28H42O8. The number of carbonyl (C=O) groups excluding carboxylic acids is 3. The third-order valence-electron chi connectivity index (χ3n) is 8.93. The summed E-state index contributed by atoms with van der Waals surface area (Å²) in [5, 5.41) is 11.2. The zero-order valence-corrected chi connectivity index (χ0v) is 23.0. The van der Waals surface area contributed by atoms with Gasteiger partial charge in [-0.25, -0.2) is 0 Å². The van der Waals surface area contributed by atoms with Crippen LogP contribution in [0.3, 0.4) is 0 Å². The Balaban J connectivity index is 1.89. The Morgan fingerprint density at radius 2 is 1.69 bits per heavy atom. The molecule has 4 aliphatic rings. The van der Waals surface area contributed by atoms with Crippen molar-refractivity contribution >= 4 is 17.7 Å². The Hall–Kier alpha value is -1.77. The number of hydrogen-bond acceptors (Lipinski definition) is 8. The lowest BCUT2D eigenvalue weighted by Crippen LogP contribution is -2.43. The summed E-state index contributed by atoms with van der Waals surface area (Å²) in [6.07, 6.45) is -0.683. The molecule has 0 unspecified atom stereocenters. The molecule has 3 fully saturated rings. The van der Waals surface area contributed by atoms with Gasteiger partial charge in [0.15, 0.2) is 17.0 Å². The van der Waals surface area contributed by atoms with Crippen LogP contribution in [0.15, 0.2) is 11.6 Å². The molecule has 1 heterocycles. The van der Waals surface area contributed by atoms with Crippen LogP contribution in [0.25, 0.3) is 0 Å². The summed E-state index contributed by atoms with van der Waals surface area (Å²) in [6.45, 7) is 17.0. The molecule has 1 saturated heterocycles. The standard InChI is InChI=1S/C28H42O8/c1-13(2)12-33-23-20-19(26(20,8)9)22(35-18(7)30)16(5)25(32)28-11-15(4)24(31)27(28,36-28)10-14(3)21(23)34-17(6)29/h10,13,15-16,19-24,31H,11-12H2,1-9H3/b14-10+/t15-,16-,19+,20-,21-,22+,23+,24-,27+,28+/m1/s1. The number of epoxide rings is 1. The Morgan fingerprint density at radius 3 is 2.25 bits per heavy atom. The average molecular weight is 507 g/mol. The van der Waals surface area contributed by atoms with Crippen molar-refractivity contribution in [2.24, 2.45) is 35.0 Å². The second-order valence-corrected chi connectivity index (χ2v) is 12.6. The number of ketones is 1. The molecule has 3 aliphatic carbocycles. The van der Waals surface area contributed by atoms with Gasteiger partial charge in [-0.2, -0.15) is 0 Å². The fourth-order valence-corrected chi connectivity index (χ4v) is 7.20. The molecule has 8 heteroatoms. The predicted octanol–water partition coefficient (Wildman–Crippen LogP) is 3.24. The molecule has 8 nitrogen and oxygen atoms in total. The lowest BCUT2D eigenvalue weighted by atomic mass is 9.80. The van der Waals surface area contributed by atoms with E-state index in [1.807, 2.05) is 27.7 Å². The van der Waals surface area contributed by atoms with Crippen LogP contribution < -0.4 is 0 Å². The van der Waals surface area contributed by atoms with Crippen molar-refractivity contribution in [3.8, 4) is 0 Å². The summed E-state index contributed by atoms with van der Waals surface area (Å²) >= 11 is 0. The molecule has 202 valence electrons. The minimum absolute atomic E-state index is 0.127. The highest BCUT2D eigenvalue weighted by Crippen LogP contribution is 2.68. The summed E-state index contributed by atoms with van der Waals surface area (Å²) in [7, 11) is 0. The zero-order chi connectivity index (χ0) is 27.0. The first-order valence-corrected chi connectivity index (χ1v) is 13.2. The minimum Gasteiger partial charge on any atom is -0.461 e. The molecule has 0 bridgehead atoms. The van der Waals surface area contributed by atoms with Crippen LogP contribution in [0.5, 0.6) is 0 Å². The monoisotopic (exact) mass is 506 g/mol. The van der Waals surface area contributed by atoms with Crippen molar-refractivity contribution in [2.75, 3.05) is 6.61 Å². The van der Waals surface area contributed by atoms with Gasteiger partial charge in [-0.15, -0.1) is 0 Å². The van der Waals surface area contributed by atoms with E-state index in [0.29, 0.717) is 18.6 Å². The van der Waals surface area contributed by atoms with Gasteiger partial charge in [0, 0.05) is 32.3 Å². The maximum absolute atomic E-state index is 14.1. The van der Waals surface area contributed by atoms with E-state index in [2.05, 4.69) is 13.8 Å². The van der Waals surface area contributed by atoms with Crippen LogP contribution in [0.1, 0.15) is 68.7 Å². The second-order valence-electron chi connectivity index (χ2n) is 12.6. The molecule has 36 heavy (non-hydrogen) atoms. The van der Waals surface area contributed by atoms with Crippen LogP contribution in [0.2, 0.25) is 0 Å². The van der Waals surface area contributed by atoms with Gasteiger partial charge in [-0.3, -0.25) is 14.4 Å². The fourth-order valence-electron chi connectivity index (χ4n) is 7.20. The second kappa shape index (κ2) is 8.91. The number of rotatable bonds is 5. The van der Waals surface area contributed by atoms with E-state index >= 15 is 0 Å². The highest BCUT2D eigenvalue weighted by Gasteiger charge is 2.82. The summed E-state index contributed by atoms with van der Waals surface area (Å²) in [5.74, 6) is -1.95. The number of ether oxygens (including phenoxy) is 4. The van der Waals surface area contributed by atoms with Crippen molar-refractivity contribution in [3.63, 3.8) is 0 Å². The molecule has 2 saturated carbocycles. The Morgan fingerprint density at radius 1 is 1.11 bits per heavy atom. The first kappa shape index (κ1) is 27.3. The average Bonchev–Trinajstić information content (AvgIpc) is 3.55. The van der Waals surface area contributed by atoms with Gasteiger partial charge >= 0.3 is 11.9 Å². The quantitative estimate of drug-likeness (QED) is 0.344. The van der Waals surface area contributed by atoms with Crippen molar-refractivity contribution in [3.05, 3.63) is 11.6 Å². The van der Waals surface area contributed by atoms with E-state index in [9.17, 15) is 19.5 Å². The van der Waals surface area contributed by atoms with Crippen molar-refractivity contribution < 1.29 is 38.4 Å². The van der Waals surface area contributed by atoms with E-state index < -0.39 is 53.5 Å². The molecule has 0 aromatic carbocycles. The summed E-state index contributed by atoms with van der Waals surface area (Å²) in [5.41, 5.74) is -2.05. The van der Waals surface area contributed by atoms with Crippen LogP contribution >= 0.6 is 0 Å². The Labute approximate surface area is 214 Å². The molecule has 1 N–H and O–H groups in total. The van der Waals surface area contributed by atoms with Crippen molar-refractivity contribution in [1.82, 2.24) is 0 Å². The molecular weight excluding hydrogens is 464 g/mol.